The number of hydrogen-bond acceptors (Lipinski definition) is 5. The molecule has 35 heavy (non-hydrogen) atoms. The van der Waals surface area contributed by atoms with E-state index >= 15 is 4.48 Å². The molecular weight excluding hydrogens is 458 g/mol. The van der Waals surface area contributed by atoms with Gasteiger partial charge in [-0.05, 0) is 42.7 Å². The fourth-order valence-electron chi connectivity index (χ4n) is 4.83. The van der Waals surface area contributed by atoms with Crippen LogP contribution in [0.15, 0.2) is 42.5 Å². The predicted octanol–water partition coefficient (Wildman–Crippen LogP) is 2.98. The molecule has 2 fully saturated rings. The number of likely N-dealkylation sites (tertiary alicyclic amines) is 1. The zero-order chi connectivity index (χ0) is 24.6. The van der Waals surface area contributed by atoms with E-state index in [4.69, 9.17) is 4.74 Å². The lowest BCUT2D eigenvalue weighted by Gasteiger charge is -2.47. The molecule has 3 amide bonds. The number of ketones is 1. The minimum absolute atomic E-state index is 0.0728. The van der Waals surface area contributed by atoms with Crippen molar-refractivity contribution in [3.63, 3.8) is 0 Å². The van der Waals surface area contributed by atoms with E-state index in [9.17, 15) is 18.8 Å². The van der Waals surface area contributed by atoms with E-state index in [0.29, 0.717) is 55.4 Å². The second kappa shape index (κ2) is 9.26. The third-order valence-corrected chi connectivity index (χ3v) is 7.00. The molecule has 0 atom stereocenters. The molecule has 0 bridgehead atoms. The van der Waals surface area contributed by atoms with Crippen molar-refractivity contribution in [2.75, 3.05) is 31.4 Å². The molecule has 2 N–H and O–H groups in total. The van der Waals surface area contributed by atoms with Crippen LogP contribution in [0.3, 0.4) is 0 Å². The molecule has 0 aromatic heterocycles. The standard InChI is InChI=1S/C25H26F2N4O4/c26-20-6-5-16(11-19(20)23(33)29-17-14-35-15-17)13-28-24(34)30-9-7-25(8-10-30)12-22(32)18-3-1-2-4-21(18)31(25)27/h1-6,11,17H,7-10,12-15H2,(H,28,34)(H,29,33). The topological polar surface area (TPSA) is 91.0 Å². The van der Waals surface area contributed by atoms with Gasteiger partial charge in [0, 0.05) is 31.6 Å². The minimum Gasteiger partial charge on any atom is -0.377 e. The number of Topliss-reactive ketones (excluding diaryl/α,β-unsaturated/α-hetero) is 1. The second-order valence-corrected chi connectivity index (χ2v) is 9.29. The number of piperidine rings is 1. The van der Waals surface area contributed by atoms with Crippen molar-refractivity contribution in [1.29, 1.82) is 0 Å². The number of ether oxygens (including phenoxy) is 1. The molecule has 3 aliphatic heterocycles. The lowest BCUT2D eigenvalue weighted by molar-refractivity contribution is -0.00353. The first-order valence-corrected chi connectivity index (χ1v) is 11.6. The summed E-state index contributed by atoms with van der Waals surface area (Å²) in [5.41, 5.74) is 0.200. The van der Waals surface area contributed by atoms with Gasteiger partial charge in [-0.1, -0.05) is 22.7 Å². The number of carbonyl (C=O) groups excluding carboxylic acids is 3. The Labute approximate surface area is 201 Å². The predicted molar refractivity (Wildman–Crippen MR) is 123 cm³/mol. The Balaban J connectivity index is 1.18. The first-order valence-electron chi connectivity index (χ1n) is 11.6. The average molecular weight is 485 g/mol. The van der Waals surface area contributed by atoms with Crippen LogP contribution in [-0.2, 0) is 11.3 Å². The summed E-state index contributed by atoms with van der Waals surface area (Å²) >= 11 is 0. The van der Waals surface area contributed by atoms with Gasteiger partial charge in [0.2, 0.25) is 0 Å². The maximum absolute atomic E-state index is 15.3. The summed E-state index contributed by atoms with van der Waals surface area (Å²) in [6.07, 6.45) is 0.717. The van der Waals surface area contributed by atoms with Crippen molar-refractivity contribution in [1.82, 2.24) is 15.5 Å². The number of nitrogens with one attached hydrogen (secondary N) is 2. The minimum atomic E-state index is -0.951. The Morgan fingerprint density at radius 3 is 2.57 bits per heavy atom. The normalized spacial score (nSPS) is 19.2. The van der Waals surface area contributed by atoms with Gasteiger partial charge in [0.1, 0.15) is 5.82 Å². The highest BCUT2D eigenvalue weighted by Gasteiger charge is 2.47. The highest BCUT2D eigenvalue weighted by molar-refractivity contribution is 6.04. The molecule has 5 rings (SSSR count). The summed E-state index contributed by atoms with van der Waals surface area (Å²) < 4.78 is 34.5. The van der Waals surface area contributed by atoms with Crippen LogP contribution in [-0.4, -0.2) is 60.5 Å². The van der Waals surface area contributed by atoms with E-state index in [-0.39, 0.29) is 42.1 Å². The van der Waals surface area contributed by atoms with Gasteiger partial charge in [0.25, 0.3) is 5.91 Å². The zero-order valence-corrected chi connectivity index (χ0v) is 19.1. The second-order valence-electron chi connectivity index (χ2n) is 9.29. The van der Waals surface area contributed by atoms with Crippen LogP contribution < -0.4 is 15.8 Å². The van der Waals surface area contributed by atoms with Crippen molar-refractivity contribution in [3.8, 4) is 0 Å². The van der Waals surface area contributed by atoms with Crippen molar-refractivity contribution in [3.05, 3.63) is 65.0 Å². The first-order chi connectivity index (χ1) is 16.9. The number of urea groups is 1. The summed E-state index contributed by atoms with van der Waals surface area (Å²) in [7, 11) is 0. The maximum Gasteiger partial charge on any atom is 0.317 e. The number of fused-ring (bicyclic) bond motifs is 1. The molecule has 184 valence electrons. The van der Waals surface area contributed by atoms with Gasteiger partial charge in [-0.2, -0.15) is 0 Å². The molecule has 10 heteroatoms. The van der Waals surface area contributed by atoms with Gasteiger partial charge < -0.3 is 20.3 Å². The summed E-state index contributed by atoms with van der Waals surface area (Å²) in [6.45, 7) is 1.50. The Kier molecular flexibility index (Phi) is 6.14. The van der Waals surface area contributed by atoms with Crippen LogP contribution in [0.4, 0.5) is 19.4 Å². The smallest absolute Gasteiger partial charge is 0.317 e. The Morgan fingerprint density at radius 1 is 1.11 bits per heavy atom. The van der Waals surface area contributed by atoms with Crippen molar-refractivity contribution < 1.29 is 28.0 Å². The monoisotopic (exact) mass is 484 g/mol. The van der Waals surface area contributed by atoms with Gasteiger partial charge in [-0.3, -0.25) is 9.59 Å². The van der Waals surface area contributed by atoms with Gasteiger partial charge in [-0.15, -0.1) is 0 Å². The molecule has 1 spiro atoms. The summed E-state index contributed by atoms with van der Waals surface area (Å²) in [5.74, 6) is -1.25. The average Bonchev–Trinajstić information content (AvgIpc) is 2.84. The molecule has 3 aliphatic rings. The molecule has 0 unspecified atom stereocenters. The Morgan fingerprint density at radius 2 is 1.86 bits per heavy atom. The largest absolute Gasteiger partial charge is 0.377 e. The summed E-state index contributed by atoms with van der Waals surface area (Å²) in [6, 6.07) is 10.3. The maximum atomic E-state index is 15.3. The van der Waals surface area contributed by atoms with Crippen molar-refractivity contribution in [2.45, 2.75) is 37.4 Å². The Hall–Kier alpha value is -3.53. The van der Waals surface area contributed by atoms with E-state index in [0.717, 1.165) is 0 Å². The number of anilines is 1. The summed E-state index contributed by atoms with van der Waals surface area (Å²) in [5, 5.41) is 6.19. The van der Waals surface area contributed by atoms with Gasteiger partial charge in [0.05, 0.1) is 36.0 Å². The first kappa shape index (κ1) is 23.2. The molecule has 8 nitrogen and oxygen atoms in total. The quantitative estimate of drug-likeness (QED) is 0.652. The number of carbonyl (C=O) groups is 3. The van der Waals surface area contributed by atoms with Crippen molar-refractivity contribution >= 4 is 23.4 Å². The molecule has 0 aliphatic carbocycles. The number of rotatable bonds is 4. The van der Waals surface area contributed by atoms with Gasteiger partial charge in [-0.25, -0.2) is 14.3 Å². The lowest BCUT2D eigenvalue weighted by atomic mass is 9.78. The number of nitrogens with zero attached hydrogens (tertiary/aromatic N) is 2. The SMILES string of the molecule is O=C(NC1COC1)c1cc(CNC(=O)N2CCC3(CC2)CC(=O)c2ccccc2N3F)ccc1F. The molecule has 2 aromatic carbocycles. The van der Waals surface area contributed by atoms with E-state index in [1.165, 1.54) is 18.2 Å². The highest BCUT2D eigenvalue weighted by Crippen LogP contribution is 2.43. The highest BCUT2D eigenvalue weighted by atomic mass is 19.2. The molecule has 3 heterocycles. The fraction of sp³-hybridized carbons (Fsp3) is 0.400. The van der Waals surface area contributed by atoms with Crippen LogP contribution in [0.1, 0.15) is 45.5 Å². The van der Waals surface area contributed by atoms with Gasteiger partial charge in [0.15, 0.2) is 5.78 Å². The summed E-state index contributed by atoms with van der Waals surface area (Å²) in [4.78, 5) is 39.2. The molecule has 0 radical (unpaired) electrons. The number of para-hydroxylation sites is 1. The number of halogens is 2. The zero-order valence-electron chi connectivity index (χ0n) is 19.1. The molecule has 2 aromatic rings. The third-order valence-electron chi connectivity index (χ3n) is 7.00. The van der Waals surface area contributed by atoms with Crippen LogP contribution in [0, 0.1) is 5.82 Å². The molecule has 2 saturated heterocycles. The lowest BCUT2D eigenvalue weighted by Crippen LogP contribution is -2.57. The van der Waals surface area contributed by atoms with E-state index in [2.05, 4.69) is 10.6 Å². The molecular formula is C25H26F2N4O4. The number of benzene rings is 2. The van der Waals surface area contributed by atoms with E-state index in [1.807, 2.05) is 0 Å². The fourth-order valence-corrected chi connectivity index (χ4v) is 4.83. The van der Waals surface area contributed by atoms with Crippen molar-refractivity contribution in [2.24, 2.45) is 0 Å². The number of amides is 3. The van der Waals surface area contributed by atoms with Crippen LogP contribution >= 0.6 is 0 Å². The van der Waals surface area contributed by atoms with Crippen LogP contribution in [0.2, 0.25) is 0 Å². The Bertz CT molecular complexity index is 1160. The van der Waals surface area contributed by atoms with Crippen LogP contribution in [0.25, 0.3) is 0 Å². The van der Waals surface area contributed by atoms with E-state index in [1.54, 1.807) is 29.2 Å². The molecule has 0 saturated carbocycles. The van der Waals surface area contributed by atoms with Gasteiger partial charge >= 0.3 is 6.03 Å². The van der Waals surface area contributed by atoms with E-state index < -0.39 is 17.3 Å². The number of hydrogen-bond donors (Lipinski definition) is 2. The van der Waals surface area contributed by atoms with Crippen LogP contribution in [0.5, 0.6) is 0 Å². The third kappa shape index (κ3) is 4.45.